The van der Waals surface area contributed by atoms with Gasteiger partial charge in [-0.25, -0.2) is 8.78 Å². The minimum atomic E-state index is -0.969. The number of carbonyl (C=O) groups is 2. The SMILES string of the molecule is CC(C)[C@@H]1CSC2Cn3cc(C(=O)NCc4ccc(F)cc4F)c(=O)c(O)c3C(=O)N21. The summed E-state index contributed by atoms with van der Waals surface area (Å²) < 4.78 is 28.2. The molecular weight excluding hydrogens is 428 g/mol. The molecule has 2 aliphatic rings. The number of hydrogen-bond donors (Lipinski definition) is 2. The van der Waals surface area contributed by atoms with Crippen LogP contribution in [-0.2, 0) is 13.1 Å². The van der Waals surface area contributed by atoms with E-state index in [1.54, 1.807) is 16.7 Å². The third-order valence-corrected chi connectivity index (χ3v) is 6.94. The van der Waals surface area contributed by atoms with Gasteiger partial charge in [0.15, 0.2) is 11.4 Å². The molecule has 1 fully saturated rings. The fraction of sp³-hybridized carbons (Fsp3) is 0.381. The van der Waals surface area contributed by atoms with E-state index in [9.17, 15) is 28.3 Å². The maximum Gasteiger partial charge on any atom is 0.275 e. The molecule has 31 heavy (non-hydrogen) atoms. The van der Waals surface area contributed by atoms with Gasteiger partial charge in [-0.05, 0) is 12.0 Å². The van der Waals surface area contributed by atoms with Crippen LogP contribution in [0.1, 0.15) is 40.3 Å². The average Bonchev–Trinajstić information content (AvgIpc) is 3.14. The van der Waals surface area contributed by atoms with Crippen LogP contribution in [0.15, 0.2) is 29.2 Å². The molecule has 2 N–H and O–H groups in total. The summed E-state index contributed by atoms with van der Waals surface area (Å²) in [6, 6.07) is 2.95. The van der Waals surface area contributed by atoms with Gasteiger partial charge in [0.1, 0.15) is 17.2 Å². The quantitative estimate of drug-likeness (QED) is 0.748. The molecule has 0 bridgehead atoms. The second kappa shape index (κ2) is 7.99. The molecule has 2 aliphatic heterocycles. The van der Waals surface area contributed by atoms with E-state index in [-0.39, 0.29) is 40.7 Å². The van der Waals surface area contributed by atoms with E-state index in [1.165, 1.54) is 16.8 Å². The van der Waals surface area contributed by atoms with E-state index < -0.39 is 34.6 Å². The average molecular weight is 449 g/mol. The third-order valence-electron chi connectivity index (χ3n) is 5.64. The molecule has 0 radical (unpaired) electrons. The maximum absolute atomic E-state index is 13.8. The number of benzene rings is 1. The molecule has 1 aromatic heterocycles. The Balaban J connectivity index is 1.62. The molecule has 7 nitrogen and oxygen atoms in total. The number of fused-ring (bicyclic) bond motifs is 2. The van der Waals surface area contributed by atoms with Crippen LogP contribution in [0, 0.1) is 17.6 Å². The van der Waals surface area contributed by atoms with Crippen LogP contribution in [0.2, 0.25) is 0 Å². The number of carbonyl (C=O) groups excluding carboxylic acids is 2. The number of amides is 2. The minimum absolute atomic E-state index is 0.000618. The molecule has 2 atom stereocenters. The molecule has 2 amide bonds. The highest BCUT2D eigenvalue weighted by molar-refractivity contribution is 8.00. The van der Waals surface area contributed by atoms with Gasteiger partial charge < -0.3 is 19.9 Å². The highest BCUT2D eigenvalue weighted by atomic mass is 32.2. The molecule has 164 valence electrons. The molecule has 3 heterocycles. The summed E-state index contributed by atoms with van der Waals surface area (Å²) in [5, 5.41) is 12.7. The lowest BCUT2D eigenvalue weighted by Crippen LogP contribution is -2.50. The Hall–Kier alpha value is -2.88. The molecule has 1 saturated heterocycles. The van der Waals surface area contributed by atoms with Crippen LogP contribution < -0.4 is 10.7 Å². The summed E-state index contributed by atoms with van der Waals surface area (Å²) in [5.41, 5.74) is -1.41. The summed E-state index contributed by atoms with van der Waals surface area (Å²) >= 11 is 1.62. The molecule has 4 rings (SSSR count). The van der Waals surface area contributed by atoms with E-state index in [0.717, 1.165) is 11.8 Å². The molecule has 1 unspecified atom stereocenters. The Morgan fingerprint density at radius 3 is 2.74 bits per heavy atom. The van der Waals surface area contributed by atoms with Crippen molar-refractivity contribution in [3.8, 4) is 5.75 Å². The Labute approximate surface area is 181 Å². The highest BCUT2D eigenvalue weighted by Crippen LogP contribution is 2.38. The van der Waals surface area contributed by atoms with Crippen LogP contribution in [0.3, 0.4) is 0 Å². The molecule has 0 spiro atoms. The first-order valence-electron chi connectivity index (χ1n) is 9.81. The van der Waals surface area contributed by atoms with Crippen LogP contribution in [0.5, 0.6) is 5.75 Å². The number of nitrogens with one attached hydrogen (secondary N) is 1. The Morgan fingerprint density at radius 1 is 1.32 bits per heavy atom. The molecule has 2 aromatic rings. The van der Waals surface area contributed by atoms with Crippen molar-refractivity contribution < 1.29 is 23.5 Å². The van der Waals surface area contributed by atoms with Gasteiger partial charge in [0, 0.05) is 36.2 Å². The molecule has 10 heteroatoms. The van der Waals surface area contributed by atoms with Crippen LogP contribution in [0.25, 0.3) is 0 Å². The van der Waals surface area contributed by atoms with Gasteiger partial charge in [0.05, 0.1) is 11.9 Å². The van der Waals surface area contributed by atoms with Gasteiger partial charge in [-0.3, -0.25) is 14.4 Å². The summed E-state index contributed by atoms with van der Waals surface area (Å²) in [6.45, 7) is 4.09. The first kappa shape index (κ1) is 21.4. The predicted octanol–water partition coefficient (Wildman–Crippen LogP) is 2.32. The number of rotatable bonds is 4. The second-order valence-corrected chi connectivity index (χ2v) is 9.16. The Morgan fingerprint density at radius 2 is 2.06 bits per heavy atom. The van der Waals surface area contributed by atoms with Crippen molar-refractivity contribution in [2.45, 2.75) is 38.4 Å². The Bertz CT molecular complexity index is 1130. The monoisotopic (exact) mass is 449 g/mol. The predicted molar refractivity (Wildman–Crippen MR) is 111 cm³/mol. The third kappa shape index (κ3) is 3.69. The van der Waals surface area contributed by atoms with Crippen molar-refractivity contribution in [3.05, 3.63) is 63.1 Å². The topological polar surface area (TPSA) is 91.6 Å². The normalized spacial score (nSPS) is 20.0. The number of aromatic hydroxyl groups is 1. The van der Waals surface area contributed by atoms with Crippen LogP contribution in [0.4, 0.5) is 8.78 Å². The van der Waals surface area contributed by atoms with E-state index >= 15 is 0 Å². The summed E-state index contributed by atoms with van der Waals surface area (Å²) in [5.74, 6) is -2.63. The van der Waals surface area contributed by atoms with E-state index in [2.05, 4.69) is 5.32 Å². The first-order chi connectivity index (χ1) is 14.7. The number of halogens is 2. The standard InChI is InChI=1S/C21H21F2N3O4S/c1-10(2)15-9-31-16-8-25-7-13(18(27)19(28)17(25)21(30)26(15)16)20(29)24-6-11-3-4-12(22)5-14(11)23/h3-5,7,10,15-16,28H,6,8-9H2,1-2H3,(H,24,29)/t15-,16?/m0/s1. The smallest absolute Gasteiger partial charge is 0.275 e. The molecule has 0 saturated carbocycles. The number of pyridine rings is 1. The van der Waals surface area contributed by atoms with Crippen molar-refractivity contribution in [1.82, 2.24) is 14.8 Å². The number of hydrogen-bond acceptors (Lipinski definition) is 5. The lowest BCUT2D eigenvalue weighted by molar-refractivity contribution is 0.0574. The molecule has 1 aromatic carbocycles. The minimum Gasteiger partial charge on any atom is -0.503 e. The van der Waals surface area contributed by atoms with Gasteiger partial charge in [-0.15, -0.1) is 11.8 Å². The zero-order chi connectivity index (χ0) is 22.4. The zero-order valence-electron chi connectivity index (χ0n) is 16.9. The first-order valence-corrected chi connectivity index (χ1v) is 10.9. The van der Waals surface area contributed by atoms with E-state index in [1.807, 2.05) is 13.8 Å². The van der Waals surface area contributed by atoms with Crippen molar-refractivity contribution in [2.24, 2.45) is 5.92 Å². The summed E-state index contributed by atoms with van der Waals surface area (Å²) in [6.07, 6.45) is 1.26. The number of nitrogens with zero attached hydrogens (tertiary/aromatic N) is 2. The van der Waals surface area contributed by atoms with E-state index in [4.69, 9.17) is 0 Å². The van der Waals surface area contributed by atoms with Gasteiger partial charge in [0.2, 0.25) is 5.43 Å². The van der Waals surface area contributed by atoms with E-state index in [0.29, 0.717) is 12.6 Å². The molecular formula is C21H21F2N3O4S. The fourth-order valence-electron chi connectivity index (χ4n) is 3.93. The van der Waals surface area contributed by atoms with Crippen LogP contribution >= 0.6 is 11.8 Å². The summed E-state index contributed by atoms with van der Waals surface area (Å²) in [4.78, 5) is 40.0. The number of thioether (sulfide) groups is 1. The van der Waals surface area contributed by atoms with Gasteiger partial charge in [-0.2, -0.15) is 0 Å². The van der Waals surface area contributed by atoms with Gasteiger partial charge in [-0.1, -0.05) is 19.9 Å². The Kier molecular flexibility index (Phi) is 5.50. The number of aromatic nitrogens is 1. The lowest BCUT2D eigenvalue weighted by atomic mass is 10.0. The zero-order valence-corrected chi connectivity index (χ0v) is 17.7. The maximum atomic E-state index is 13.8. The van der Waals surface area contributed by atoms with Crippen molar-refractivity contribution in [2.75, 3.05) is 5.75 Å². The van der Waals surface area contributed by atoms with Crippen molar-refractivity contribution in [3.63, 3.8) is 0 Å². The highest BCUT2D eigenvalue weighted by Gasteiger charge is 2.45. The second-order valence-electron chi connectivity index (χ2n) is 7.95. The summed E-state index contributed by atoms with van der Waals surface area (Å²) in [7, 11) is 0. The largest absolute Gasteiger partial charge is 0.503 e. The van der Waals surface area contributed by atoms with Crippen molar-refractivity contribution >= 4 is 23.6 Å². The lowest BCUT2D eigenvalue weighted by Gasteiger charge is -2.37. The van der Waals surface area contributed by atoms with Gasteiger partial charge in [0.25, 0.3) is 11.8 Å². The molecule has 0 aliphatic carbocycles. The fourth-order valence-corrected chi connectivity index (χ4v) is 5.57. The van der Waals surface area contributed by atoms with Gasteiger partial charge >= 0.3 is 0 Å². The van der Waals surface area contributed by atoms with Crippen LogP contribution in [-0.4, -0.2) is 43.6 Å². The van der Waals surface area contributed by atoms with Crippen molar-refractivity contribution in [1.29, 1.82) is 0 Å².